The van der Waals surface area contributed by atoms with Crippen molar-refractivity contribution < 1.29 is 4.79 Å². The van der Waals surface area contributed by atoms with Gasteiger partial charge in [0.2, 0.25) is 0 Å². The van der Waals surface area contributed by atoms with E-state index in [9.17, 15) is 9.70 Å². The van der Waals surface area contributed by atoms with Crippen molar-refractivity contribution in [1.29, 1.82) is 0 Å². The summed E-state index contributed by atoms with van der Waals surface area (Å²) in [6, 6.07) is 11.2. The van der Waals surface area contributed by atoms with Crippen LogP contribution < -0.4 is 5.32 Å². The van der Waals surface area contributed by atoms with Gasteiger partial charge in [-0.15, -0.1) is 4.91 Å². The summed E-state index contributed by atoms with van der Waals surface area (Å²) in [5.41, 5.74) is 6.16. The van der Waals surface area contributed by atoms with E-state index in [0.717, 1.165) is 48.4 Å². The molecule has 0 saturated heterocycles. The third-order valence-electron chi connectivity index (χ3n) is 5.07. The standard InChI is InChI=1S/C19H19N3O2/c1-2-22-9-8-13-14(12-6-4-3-5-7-12)10-15-17(16(13)11-22)20-19(23)18(15)21-24/h3-7,10,18H,2,8-9,11H2,1H3,(H,20,23). The lowest BCUT2D eigenvalue weighted by Crippen LogP contribution is -2.31. The molecule has 5 nitrogen and oxygen atoms in total. The van der Waals surface area contributed by atoms with Crippen LogP contribution in [0.25, 0.3) is 11.1 Å². The van der Waals surface area contributed by atoms with E-state index >= 15 is 0 Å². The van der Waals surface area contributed by atoms with E-state index in [1.165, 1.54) is 5.56 Å². The summed E-state index contributed by atoms with van der Waals surface area (Å²) in [5, 5.41) is 5.95. The van der Waals surface area contributed by atoms with E-state index in [-0.39, 0.29) is 5.91 Å². The highest BCUT2D eigenvalue weighted by Gasteiger charge is 2.36. The van der Waals surface area contributed by atoms with Gasteiger partial charge in [0.05, 0.1) is 5.69 Å². The smallest absolute Gasteiger partial charge is 0.257 e. The van der Waals surface area contributed by atoms with Crippen molar-refractivity contribution in [2.24, 2.45) is 5.18 Å². The van der Waals surface area contributed by atoms with Crippen LogP contribution in [-0.2, 0) is 17.8 Å². The van der Waals surface area contributed by atoms with Gasteiger partial charge in [-0.05, 0) is 41.3 Å². The second-order valence-electron chi connectivity index (χ2n) is 6.33. The van der Waals surface area contributed by atoms with Crippen LogP contribution in [0.5, 0.6) is 0 Å². The van der Waals surface area contributed by atoms with Crippen molar-refractivity contribution in [3.8, 4) is 11.1 Å². The summed E-state index contributed by atoms with van der Waals surface area (Å²) in [4.78, 5) is 25.7. The molecule has 0 fully saturated rings. The lowest BCUT2D eigenvalue weighted by Gasteiger charge is -2.31. The van der Waals surface area contributed by atoms with Crippen LogP contribution in [0.15, 0.2) is 41.6 Å². The number of likely N-dealkylation sites (N-methyl/N-ethyl adjacent to an activating group) is 1. The summed E-state index contributed by atoms with van der Waals surface area (Å²) in [5.74, 6) is -0.318. The van der Waals surface area contributed by atoms with Gasteiger partial charge in [-0.3, -0.25) is 9.69 Å². The van der Waals surface area contributed by atoms with E-state index < -0.39 is 6.04 Å². The lowest BCUT2D eigenvalue weighted by molar-refractivity contribution is -0.116. The zero-order valence-electron chi connectivity index (χ0n) is 13.6. The highest BCUT2D eigenvalue weighted by Crippen LogP contribution is 2.43. The van der Waals surface area contributed by atoms with Crippen LogP contribution in [0.1, 0.15) is 29.7 Å². The molecule has 0 aliphatic carbocycles. The van der Waals surface area contributed by atoms with Crippen LogP contribution >= 0.6 is 0 Å². The molecule has 1 N–H and O–H groups in total. The Morgan fingerprint density at radius 3 is 2.75 bits per heavy atom. The number of nitrogens with one attached hydrogen (secondary N) is 1. The number of rotatable bonds is 3. The summed E-state index contributed by atoms with van der Waals surface area (Å²) in [7, 11) is 0. The zero-order chi connectivity index (χ0) is 16.7. The molecule has 4 rings (SSSR count). The Balaban J connectivity index is 1.95. The Labute approximate surface area is 140 Å². The molecule has 24 heavy (non-hydrogen) atoms. The number of hydrogen-bond donors (Lipinski definition) is 1. The quantitative estimate of drug-likeness (QED) is 0.880. The van der Waals surface area contributed by atoms with Crippen molar-refractivity contribution in [2.45, 2.75) is 25.9 Å². The van der Waals surface area contributed by atoms with Crippen LogP contribution in [0.3, 0.4) is 0 Å². The Bertz CT molecular complexity index is 817. The predicted octanol–water partition coefficient (Wildman–Crippen LogP) is 3.49. The van der Waals surface area contributed by atoms with Gasteiger partial charge in [0, 0.05) is 18.7 Å². The molecule has 1 atom stereocenters. The largest absolute Gasteiger partial charge is 0.323 e. The van der Waals surface area contributed by atoms with Crippen LogP contribution in [-0.4, -0.2) is 23.9 Å². The highest BCUT2D eigenvalue weighted by molar-refractivity contribution is 6.04. The second-order valence-corrected chi connectivity index (χ2v) is 6.33. The number of carbonyl (C=O) groups excluding carboxylic acids is 1. The minimum Gasteiger partial charge on any atom is -0.323 e. The normalized spacial score (nSPS) is 19.5. The van der Waals surface area contributed by atoms with Crippen molar-refractivity contribution in [3.05, 3.63) is 58.0 Å². The molecule has 2 aliphatic heterocycles. The maximum atomic E-state index is 12.1. The average molecular weight is 321 g/mol. The lowest BCUT2D eigenvalue weighted by atomic mass is 9.86. The van der Waals surface area contributed by atoms with E-state index in [2.05, 4.69) is 34.5 Å². The van der Waals surface area contributed by atoms with Gasteiger partial charge in [0.15, 0.2) is 6.04 Å². The van der Waals surface area contributed by atoms with Crippen molar-refractivity contribution in [2.75, 3.05) is 18.4 Å². The third kappa shape index (κ3) is 2.24. The zero-order valence-corrected chi connectivity index (χ0v) is 13.6. The Morgan fingerprint density at radius 1 is 1.25 bits per heavy atom. The maximum Gasteiger partial charge on any atom is 0.257 e. The van der Waals surface area contributed by atoms with Gasteiger partial charge in [-0.1, -0.05) is 42.4 Å². The minimum atomic E-state index is -0.940. The number of benzene rings is 2. The fraction of sp³-hybridized carbons (Fsp3) is 0.316. The first-order chi connectivity index (χ1) is 11.7. The van der Waals surface area contributed by atoms with Crippen molar-refractivity contribution in [3.63, 3.8) is 0 Å². The predicted molar refractivity (Wildman–Crippen MR) is 93.7 cm³/mol. The number of amides is 1. The molecule has 2 heterocycles. The first-order valence-corrected chi connectivity index (χ1v) is 8.32. The molecular formula is C19H19N3O2. The molecule has 0 bridgehead atoms. The third-order valence-corrected chi connectivity index (χ3v) is 5.07. The van der Waals surface area contributed by atoms with Crippen LogP contribution in [0.2, 0.25) is 0 Å². The van der Waals surface area contributed by atoms with Crippen LogP contribution in [0, 0.1) is 4.91 Å². The first-order valence-electron chi connectivity index (χ1n) is 8.32. The number of anilines is 1. The summed E-state index contributed by atoms with van der Waals surface area (Å²) in [6.07, 6.45) is 0.940. The van der Waals surface area contributed by atoms with Gasteiger partial charge in [-0.2, -0.15) is 0 Å². The maximum absolute atomic E-state index is 12.1. The Hall–Kier alpha value is -2.53. The molecule has 1 amide bonds. The molecule has 0 radical (unpaired) electrons. The van der Waals surface area contributed by atoms with Gasteiger partial charge >= 0.3 is 0 Å². The van der Waals surface area contributed by atoms with E-state index in [0.29, 0.717) is 5.56 Å². The number of nitroso groups, excluding NO2 is 1. The first kappa shape index (κ1) is 15.0. The molecule has 5 heteroatoms. The Kier molecular flexibility index (Phi) is 3.65. The molecule has 0 saturated carbocycles. The molecule has 2 aliphatic rings. The molecule has 0 spiro atoms. The average Bonchev–Trinajstić information content (AvgIpc) is 2.96. The molecule has 122 valence electrons. The monoisotopic (exact) mass is 321 g/mol. The van der Waals surface area contributed by atoms with Gasteiger partial charge in [0.1, 0.15) is 0 Å². The number of carbonyl (C=O) groups is 1. The highest BCUT2D eigenvalue weighted by atomic mass is 16.3. The molecule has 1 unspecified atom stereocenters. The summed E-state index contributed by atoms with van der Waals surface area (Å²) < 4.78 is 0. The number of fused-ring (bicyclic) bond motifs is 3. The van der Waals surface area contributed by atoms with Crippen LogP contribution in [0.4, 0.5) is 5.69 Å². The molecule has 2 aromatic rings. The fourth-order valence-corrected chi connectivity index (χ4v) is 3.78. The van der Waals surface area contributed by atoms with Crippen molar-refractivity contribution in [1.82, 2.24) is 4.90 Å². The fourth-order valence-electron chi connectivity index (χ4n) is 3.78. The summed E-state index contributed by atoms with van der Waals surface area (Å²) in [6.45, 7) is 4.90. The number of hydrogen-bond acceptors (Lipinski definition) is 4. The Morgan fingerprint density at radius 2 is 2.04 bits per heavy atom. The summed E-state index contributed by atoms with van der Waals surface area (Å²) >= 11 is 0. The van der Waals surface area contributed by atoms with E-state index in [4.69, 9.17) is 0 Å². The van der Waals surface area contributed by atoms with Gasteiger partial charge in [-0.25, -0.2) is 0 Å². The van der Waals surface area contributed by atoms with Gasteiger partial charge < -0.3 is 5.32 Å². The number of nitrogens with zero attached hydrogens (tertiary/aromatic N) is 2. The SMILES string of the molecule is CCN1CCc2c(-c3ccccc3)cc3c(c2C1)NC(=O)C3N=O. The molecular weight excluding hydrogens is 302 g/mol. The minimum absolute atomic E-state index is 0.318. The molecule has 0 aromatic heterocycles. The van der Waals surface area contributed by atoms with E-state index in [1.54, 1.807) is 0 Å². The van der Waals surface area contributed by atoms with E-state index in [1.807, 2.05) is 24.3 Å². The molecule has 2 aromatic carbocycles. The second kappa shape index (κ2) is 5.83. The van der Waals surface area contributed by atoms with Crippen molar-refractivity contribution >= 4 is 11.6 Å². The topological polar surface area (TPSA) is 61.8 Å². The van der Waals surface area contributed by atoms with Gasteiger partial charge in [0.25, 0.3) is 5.91 Å².